The quantitative estimate of drug-likeness (QED) is 0.163. The smallest absolute Gasteiger partial charge is 0.252 e. The monoisotopic (exact) mass is 1120 g/mol. The minimum atomic E-state index is -0.230. The van der Waals surface area contributed by atoms with E-state index in [-0.39, 0.29) is 35.1 Å². The highest BCUT2D eigenvalue weighted by Crippen LogP contribution is 2.52. The van der Waals surface area contributed by atoms with Crippen LogP contribution in [0.25, 0.3) is 55.0 Å². The van der Waals surface area contributed by atoms with Gasteiger partial charge in [-0.3, -0.25) is 0 Å². The predicted octanol–water partition coefficient (Wildman–Crippen LogP) is 17.8. The second-order valence-corrected chi connectivity index (χ2v) is 31.3. The van der Waals surface area contributed by atoms with Crippen molar-refractivity contribution in [2.75, 3.05) is 9.80 Å². The number of aromatic nitrogens is 2. The van der Waals surface area contributed by atoms with Gasteiger partial charge < -0.3 is 18.9 Å². The molecule has 11 aromatic rings. The normalized spacial score (nSPS) is 14.4. The summed E-state index contributed by atoms with van der Waals surface area (Å²) in [6, 6.07) is 54.5. The molecule has 2 aromatic heterocycles. The van der Waals surface area contributed by atoms with Gasteiger partial charge in [0, 0.05) is 61.2 Å². The van der Waals surface area contributed by atoms with Crippen molar-refractivity contribution in [3.05, 3.63) is 189 Å². The minimum Gasteiger partial charge on any atom is -0.311 e. The maximum Gasteiger partial charge on any atom is 0.252 e. The second-order valence-electron chi connectivity index (χ2n) is 31.3. The molecule has 0 radical (unpaired) electrons. The fourth-order valence-electron chi connectivity index (χ4n) is 16.2. The van der Waals surface area contributed by atoms with E-state index in [0.29, 0.717) is 11.8 Å². The summed E-state index contributed by atoms with van der Waals surface area (Å²) in [4.78, 5) is 5.54. The molecule has 0 atom stereocenters. The van der Waals surface area contributed by atoms with Gasteiger partial charge in [0.2, 0.25) is 0 Å². The SMILES string of the molecule is Cc1cc(C(C)C)cc(C)c1N1c2cc3c(cc2B2c4c1cccc4-n1c4ccc(C(C)(C)C)cc4c4cc(C(C)(C)C)cc2c41)N(c1c(C)cc(C(C)C)cc1C)c1c(C(C)(C)C)cc2c4cc(C(C)(C)C)ccc4n4c2c1B3c1ccccc1-4. The molecule has 4 aliphatic heterocycles. The lowest BCUT2D eigenvalue weighted by atomic mass is 9.31. The Bertz CT molecular complexity index is 4770. The summed E-state index contributed by atoms with van der Waals surface area (Å²) >= 11 is 0. The van der Waals surface area contributed by atoms with Crippen molar-refractivity contribution >= 4 is 124 Å². The van der Waals surface area contributed by atoms with Crippen LogP contribution in [0.3, 0.4) is 0 Å². The Hall–Kier alpha value is -7.69. The third-order valence-corrected chi connectivity index (χ3v) is 20.6. The van der Waals surface area contributed by atoms with E-state index in [9.17, 15) is 0 Å². The maximum absolute atomic E-state index is 2.81. The van der Waals surface area contributed by atoms with Crippen LogP contribution >= 0.6 is 0 Å². The maximum atomic E-state index is 2.81. The molecule has 9 aromatic carbocycles. The molecule has 0 saturated heterocycles. The molecular weight excluding hydrogens is 1040 g/mol. The van der Waals surface area contributed by atoms with Crippen molar-refractivity contribution in [1.29, 1.82) is 0 Å². The van der Waals surface area contributed by atoms with Gasteiger partial charge in [-0.05, 0) is 216 Å². The summed E-state index contributed by atoms with van der Waals surface area (Å²) in [7, 11) is 0. The Morgan fingerprint density at radius 1 is 0.337 bits per heavy atom. The van der Waals surface area contributed by atoms with Crippen LogP contribution in [0.15, 0.2) is 133 Å². The van der Waals surface area contributed by atoms with Gasteiger partial charge in [-0.2, -0.15) is 0 Å². The first-order valence-corrected chi connectivity index (χ1v) is 32.0. The number of hydrogen-bond acceptors (Lipinski definition) is 2. The largest absolute Gasteiger partial charge is 0.311 e. The molecule has 0 fully saturated rings. The van der Waals surface area contributed by atoms with Crippen molar-refractivity contribution in [3.63, 3.8) is 0 Å². The minimum absolute atomic E-state index is 0.0106. The van der Waals surface area contributed by atoms with Crippen molar-refractivity contribution in [1.82, 2.24) is 9.13 Å². The lowest BCUT2D eigenvalue weighted by molar-refractivity contribution is 0.590. The van der Waals surface area contributed by atoms with Crippen LogP contribution < -0.4 is 42.6 Å². The third-order valence-electron chi connectivity index (χ3n) is 20.6. The molecule has 4 aliphatic rings. The Labute approximate surface area is 512 Å². The molecule has 0 bridgehead atoms. The van der Waals surface area contributed by atoms with Crippen LogP contribution in [0.4, 0.5) is 34.1 Å². The first-order chi connectivity index (χ1) is 40.5. The molecule has 430 valence electrons. The van der Waals surface area contributed by atoms with E-state index in [2.05, 4.69) is 291 Å². The first kappa shape index (κ1) is 54.9. The number of rotatable bonds is 4. The Balaban J connectivity index is 1.15. The van der Waals surface area contributed by atoms with Gasteiger partial charge in [-0.1, -0.05) is 178 Å². The van der Waals surface area contributed by atoms with E-state index >= 15 is 0 Å². The number of para-hydroxylation sites is 1. The number of fused-ring (bicyclic) bond motifs is 15. The summed E-state index contributed by atoms with van der Waals surface area (Å²) in [5.41, 5.74) is 36.7. The van der Waals surface area contributed by atoms with Gasteiger partial charge >= 0.3 is 0 Å². The summed E-state index contributed by atoms with van der Waals surface area (Å²) < 4.78 is 5.32. The topological polar surface area (TPSA) is 16.3 Å². The molecule has 15 rings (SSSR count). The molecule has 6 heterocycles. The van der Waals surface area contributed by atoms with E-state index in [1.165, 1.54) is 178 Å². The predicted molar refractivity (Wildman–Crippen MR) is 376 cm³/mol. The average molecular weight is 1120 g/mol. The van der Waals surface area contributed by atoms with Crippen LogP contribution in [0.2, 0.25) is 0 Å². The second kappa shape index (κ2) is 18.0. The third kappa shape index (κ3) is 7.56. The fourth-order valence-corrected chi connectivity index (χ4v) is 16.2. The van der Waals surface area contributed by atoms with Gasteiger partial charge in [0.05, 0.1) is 27.9 Å². The molecule has 0 unspecified atom stereocenters. The molecule has 0 aliphatic carbocycles. The standard InChI is InChI=1S/C80H84B2N4/c1-43(2)49-32-45(5)72(46(6)33-49)85-67-27-23-26-66-70(67)82(62-39-53(79(15,16)17)38-56-54-36-51(77(9,10)11)29-31-64(54)84(66)74(56)62)60-42-69-61(41-68(60)85)81-59-24-21-22-25-65(59)83-63-30-28-52(78(12,13)14)37-55(63)57-40-58(80(18,19)20)76(71(81)75(57)83)86(69)73-47(7)34-50(44(3)4)35-48(73)8/h21-44H,1-20H3. The van der Waals surface area contributed by atoms with Gasteiger partial charge in [-0.15, -0.1) is 0 Å². The molecule has 4 nitrogen and oxygen atoms in total. The zero-order chi connectivity index (χ0) is 60.7. The molecule has 0 amide bonds. The Kier molecular flexibility index (Phi) is 11.5. The van der Waals surface area contributed by atoms with Crippen LogP contribution in [0.5, 0.6) is 0 Å². The van der Waals surface area contributed by atoms with E-state index in [4.69, 9.17) is 0 Å². The lowest BCUT2D eigenvalue weighted by Crippen LogP contribution is -2.64. The Morgan fingerprint density at radius 2 is 0.791 bits per heavy atom. The molecule has 0 spiro atoms. The summed E-state index contributed by atoms with van der Waals surface area (Å²) in [5, 5.41) is 5.35. The number of aryl methyl sites for hydroxylation is 4. The number of hydrogen-bond donors (Lipinski definition) is 0. The average Bonchev–Trinajstić information content (AvgIpc) is 1.26. The van der Waals surface area contributed by atoms with Gasteiger partial charge in [0.15, 0.2) is 0 Å². The fraction of sp³-hybridized carbons (Fsp3) is 0.325. The highest BCUT2D eigenvalue weighted by molar-refractivity contribution is 7.02. The van der Waals surface area contributed by atoms with Gasteiger partial charge in [0.1, 0.15) is 0 Å². The molecule has 0 saturated carbocycles. The highest BCUT2D eigenvalue weighted by Gasteiger charge is 2.49. The zero-order valence-corrected chi connectivity index (χ0v) is 54.8. The number of anilines is 6. The molecule has 6 heteroatoms. The van der Waals surface area contributed by atoms with Crippen LogP contribution in [0, 0.1) is 27.7 Å². The van der Waals surface area contributed by atoms with Crippen molar-refractivity contribution < 1.29 is 0 Å². The van der Waals surface area contributed by atoms with E-state index in [0.717, 1.165) is 0 Å². The highest BCUT2D eigenvalue weighted by atomic mass is 15.2. The van der Waals surface area contributed by atoms with E-state index < -0.39 is 0 Å². The van der Waals surface area contributed by atoms with Gasteiger partial charge in [0.25, 0.3) is 13.4 Å². The van der Waals surface area contributed by atoms with Crippen molar-refractivity contribution in [2.24, 2.45) is 0 Å². The molecule has 0 N–H and O–H groups in total. The summed E-state index contributed by atoms with van der Waals surface area (Å²) in [6.45, 7) is 47.4. The Morgan fingerprint density at radius 3 is 1.31 bits per heavy atom. The molecular formula is C80H84B2N4. The first-order valence-electron chi connectivity index (χ1n) is 32.0. The van der Waals surface area contributed by atoms with Crippen molar-refractivity contribution in [2.45, 2.75) is 172 Å². The number of benzene rings is 9. The summed E-state index contributed by atoms with van der Waals surface area (Å²) in [5.74, 6) is 0.792. The van der Waals surface area contributed by atoms with Crippen LogP contribution in [-0.2, 0) is 21.7 Å². The summed E-state index contributed by atoms with van der Waals surface area (Å²) in [6.07, 6.45) is 0. The van der Waals surface area contributed by atoms with Gasteiger partial charge in [-0.25, -0.2) is 0 Å². The zero-order valence-electron chi connectivity index (χ0n) is 54.8. The molecule has 86 heavy (non-hydrogen) atoms. The van der Waals surface area contributed by atoms with E-state index in [1.54, 1.807) is 0 Å². The van der Waals surface area contributed by atoms with E-state index in [1.807, 2.05) is 0 Å². The van der Waals surface area contributed by atoms with Crippen molar-refractivity contribution in [3.8, 4) is 11.4 Å². The lowest BCUT2D eigenvalue weighted by Gasteiger charge is -2.46. The van der Waals surface area contributed by atoms with Crippen LogP contribution in [-0.4, -0.2) is 22.6 Å². The van der Waals surface area contributed by atoms with Crippen LogP contribution in [0.1, 0.15) is 178 Å². The number of nitrogens with zero attached hydrogens (tertiary/aromatic N) is 4.